The Bertz CT molecular complexity index is 785. The quantitative estimate of drug-likeness (QED) is 0.854. The van der Waals surface area contributed by atoms with E-state index in [0.717, 1.165) is 12.8 Å². The van der Waals surface area contributed by atoms with Crippen molar-refractivity contribution in [2.45, 2.75) is 24.9 Å². The molecule has 1 saturated heterocycles. The van der Waals surface area contributed by atoms with Crippen molar-refractivity contribution < 1.29 is 18.7 Å². The highest BCUT2D eigenvalue weighted by Crippen LogP contribution is 2.25. The number of hydrogen-bond donors (Lipinski definition) is 2. The Hall–Kier alpha value is -2.80. The molecule has 4 rings (SSSR count). The topological polar surface area (TPSA) is 83.8 Å². The van der Waals surface area contributed by atoms with Crippen LogP contribution in [-0.4, -0.2) is 48.4 Å². The second-order valence-corrected chi connectivity index (χ2v) is 6.54. The fourth-order valence-electron chi connectivity index (χ4n) is 2.94. The Morgan fingerprint density at radius 2 is 1.96 bits per heavy atom. The standard InChI is InChI=1S/C19H21N3O4/c23-18(21-13-6-7-13)15-12-20-10-11-22(15)19(24)16-8-9-17(26-16)25-14-4-2-1-3-5-14/h1-5,8-9,13,15,20H,6-7,10-12H2,(H,21,23). The fraction of sp³-hybridized carbons (Fsp3) is 0.368. The van der Waals surface area contributed by atoms with Gasteiger partial charge in [-0.25, -0.2) is 0 Å². The molecule has 0 bridgehead atoms. The molecule has 0 spiro atoms. The lowest BCUT2D eigenvalue weighted by atomic mass is 10.1. The maximum atomic E-state index is 12.9. The van der Waals surface area contributed by atoms with Gasteiger partial charge in [-0.3, -0.25) is 9.59 Å². The monoisotopic (exact) mass is 355 g/mol. The molecule has 2 heterocycles. The van der Waals surface area contributed by atoms with Gasteiger partial charge >= 0.3 is 0 Å². The molecular weight excluding hydrogens is 334 g/mol. The zero-order valence-corrected chi connectivity index (χ0v) is 14.3. The zero-order chi connectivity index (χ0) is 17.9. The predicted molar refractivity (Wildman–Crippen MR) is 94.1 cm³/mol. The summed E-state index contributed by atoms with van der Waals surface area (Å²) >= 11 is 0. The predicted octanol–water partition coefficient (Wildman–Crippen LogP) is 1.76. The van der Waals surface area contributed by atoms with Crippen molar-refractivity contribution in [1.29, 1.82) is 0 Å². The van der Waals surface area contributed by atoms with E-state index in [2.05, 4.69) is 10.6 Å². The molecule has 1 aromatic carbocycles. The zero-order valence-electron chi connectivity index (χ0n) is 14.3. The summed E-state index contributed by atoms with van der Waals surface area (Å²) in [7, 11) is 0. The molecular formula is C19H21N3O4. The van der Waals surface area contributed by atoms with Crippen molar-refractivity contribution in [3.63, 3.8) is 0 Å². The first-order valence-corrected chi connectivity index (χ1v) is 8.85. The van der Waals surface area contributed by atoms with Gasteiger partial charge in [0.15, 0.2) is 5.76 Å². The number of carbonyl (C=O) groups is 2. The average molecular weight is 355 g/mol. The number of piperazine rings is 1. The van der Waals surface area contributed by atoms with Gasteiger partial charge in [0, 0.05) is 31.7 Å². The normalized spacial score (nSPS) is 19.8. The van der Waals surface area contributed by atoms with E-state index >= 15 is 0 Å². The molecule has 1 saturated carbocycles. The first kappa shape index (κ1) is 16.7. The Kier molecular flexibility index (Phi) is 4.62. The minimum atomic E-state index is -0.527. The third-order valence-electron chi connectivity index (χ3n) is 4.48. The molecule has 2 aromatic rings. The largest absolute Gasteiger partial charge is 0.426 e. The van der Waals surface area contributed by atoms with E-state index in [9.17, 15) is 9.59 Å². The summed E-state index contributed by atoms with van der Waals surface area (Å²) in [5, 5.41) is 6.14. The van der Waals surface area contributed by atoms with Gasteiger partial charge in [-0.2, -0.15) is 0 Å². The van der Waals surface area contributed by atoms with Crippen molar-refractivity contribution >= 4 is 11.8 Å². The maximum absolute atomic E-state index is 12.9. The third kappa shape index (κ3) is 3.72. The molecule has 1 aliphatic heterocycles. The number of hydrogen-bond acceptors (Lipinski definition) is 5. The first-order valence-electron chi connectivity index (χ1n) is 8.85. The summed E-state index contributed by atoms with van der Waals surface area (Å²) in [5.74, 6) is 0.631. The molecule has 2 fully saturated rings. The van der Waals surface area contributed by atoms with Crippen LogP contribution < -0.4 is 15.4 Å². The van der Waals surface area contributed by atoms with Gasteiger partial charge in [0.1, 0.15) is 11.8 Å². The van der Waals surface area contributed by atoms with Crippen LogP contribution in [0.3, 0.4) is 0 Å². The highest BCUT2D eigenvalue weighted by molar-refractivity contribution is 5.96. The van der Waals surface area contributed by atoms with Crippen molar-refractivity contribution in [3.05, 3.63) is 48.2 Å². The molecule has 0 radical (unpaired) electrons. The smallest absolute Gasteiger partial charge is 0.290 e. The van der Waals surface area contributed by atoms with Crippen molar-refractivity contribution in [1.82, 2.24) is 15.5 Å². The van der Waals surface area contributed by atoms with Crippen LogP contribution in [0.2, 0.25) is 0 Å². The van der Waals surface area contributed by atoms with E-state index in [1.807, 2.05) is 18.2 Å². The molecule has 2 aliphatic rings. The van der Waals surface area contributed by atoms with Gasteiger partial charge in [0.25, 0.3) is 11.9 Å². The molecule has 1 aromatic heterocycles. The number of ether oxygens (including phenoxy) is 1. The van der Waals surface area contributed by atoms with Crippen LogP contribution in [0, 0.1) is 0 Å². The van der Waals surface area contributed by atoms with Crippen LogP contribution in [0.15, 0.2) is 46.9 Å². The fourth-order valence-corrected chi connectivity index (χ4v) is 2.94. The molecule has 2 N–H and O–H groups in total. The van der Waals surface area contributed by atoms with E-state index in [-0.39, 0.29) is 29.6 Å². The van der Waals surface area contributed by atoms with Crippen molar-refractivity contribution in [2.24, 2.45) is 0 Å². The highest BCUT2D eigenvalue weighted by Gasteiger charge is 2.36. The van der Waals surface area contributed by atoms with Gasteiger partial charge in [0.2, 0.25) is 5.91 Å². The Balaban J connectivity index is 1.46. The van der Waals surface area contributed by atoms with Crippen LogP contribution in [0.4, 0.5) is 0 Å². The van der Waals surface area contributed by atoms with Gasteiger partial charge < -0.3 is 24.7 Å². The molecule has 1 unspecified atom stereocenters. The summed E-state index contributed by atoms with van der Waals surface area (Å²) < 4.78 is 11.2. The lowest BCUT2D eigenvalue weighted by molar-refractivity contribution is -0.126. The number of para-hydroxylation sites is 1. The second-order valence-electron chi connectivity index (χ2n) is 6.54. The SMILES string of the molecule is O=C(NC1CC1)C1CNCCN1C(=O)c1ccc(Oc2ccccc2)o1. The number of nitrogens with one attached hydrogen (secondary N) is 2. The molecule has 7 heteroatoms. The van der Waals surface area contributed by atoms with Crippen LogP contribution in [0.25, 0.3) is 0 Å². The number of nitrogens with zero attached hydrogens (tertiary/aromatic N) is 1. The van der Waals surface area contributed by atoms with Gasteiger partial charge in [-0.15, -0.1) is 0 Å². The Labute approximate surface area is 151 Å². The summed E-state index contributed by atoms with van der Waals surface area (Å²) in [6.45, 7) is 1.54. The second kappa shape index (κ2) is 7.21. The van der Waals surface area contributed by atoms with Crippen molar-refractivity contribution in [2.75, 3.05) is 19.6 Å². The maximum Gasteiger partial charge on any atom is 0.290 e. The van der Waals surface area contributed by atoms with Crippen LogP contribution in [0.5, 0.6) is 11.7 Å². The van der Waals surface area contributed by atoms with E-state index in [1.165, 1.54) is 0 Å². The highest BCUT2D eigenvalue weighted by atomic mass is 16.6. The minimum Gasteiger partial charge on any atom is -0.426 e. The number of rotatable bonds is 5. The first-order chi connectivity index (χ1) is 12.7. The molecule has 26 heavy (non-hydrogen) atoms. The van der Waals surface area contributed by atoms with E-state index < -0.39 is 6.04 Å². The third-order valence-corrected chi connectivity index (χ3v) is 4.48. The van der Waals surface area contributed by atoms with Crippen LogP contribution in [0.1, 0.15) is 23.4 Å². The van der Waals surface area contributed by atoms with E-state index in [0.29, 0.717) is 25.4 Å². The number of furan rings is 1. The van der Waals surface area contributed by atoms with E-state index in [4.69, 9.17) is 9.15 Å². The summed E-state index contributed by atoms with van der Waals surface area (Å²) in [5.41, 5.74) is 0. The minimum absolute atomic E-state index is 0.111. The average Bonchev–Trinajstić information content (AvgIpc) is 3.37. The number of benzene rings is 1. The van der Waals surface area contributed by atoms with Crippen LogP contribution >= 0.6 is 0 Å². The Morgan fingerprint density at radius 1 is 1.15 bits per heavy atom. The van der Waals surface area contributed by atoms with Gasteiger partial charge in [0.05, 0.1) is 0 Å². The lowest BCUT2D eigenvalue weighted by Crippen LogP contribution is -2.59. The molecule has 2 amide bonds. The summed E-state index contributed by atoms with van der Waals surface area (Å²) in [4.78, 5) is 26.9. The van der Waals surface area contributed by atoms with Crippen molar-refractivity contribution in [3.8, 4) is 11.7 Å². The van der Waals surface area contributed by atoms with E-state index in [1.54, 1.807) is 29.2 Å². The summed E-state index contributed by atoms with van der Waals surface area (Å²) in [6, 6.07) is 12.1. The number of carbonyl (C=O) groups excluding carboxylic acids is 2. The molecule has 1 aliphatic carbocycles. The summed E-state index contributed by atoms with van der Waals surface area (Å²) in [6.07, 6.45) is 2.02. The number of amides is 2. The van der Waals surface area contributed by atoms with Gasteiger partial charge in [-0.1, -0.05) is 18.2 Å². The lowest BCUT2D eigenvalue weighted by Gasteiger charge is -2.34. The van der Waals surface area contributed by atoms with Gasteiger partial charge in [-0.05, 0) is 31.0 Å². The Morgan fingerprint density at radius 3 is 2.73 bits per heavy atom. The molecule has 136 valence electrons. The molecule has 7 nitrogen and oxygen atoms in total. The molecule has 1 atom stereocenters. The van der Waals surface area contributed by atoms with Crippen LogP contribution in [-0.2, 0) is 4.79 Å².